The zero-order chi connectivity index (χ0) is 22.7. The summed E-state index contributed by atoms with van der Waals surface area (Å²) >= 11 is 7.46. The normalized spacial score (nSPS) is 18.7. The van der Waals surface area contributed by atoms with E-state index in [4.69, 9.17) is 11.6 Å². The lowest BCUT2D eigenvalue weighted by Gasteiger charge is -2.35. The summed E-state index contributed by atoms with van der Waals surface area (Å²) in [5.41, 5.74) is 2.29. The molecule has 1 aliphatic rings. The number of hydrogen-bond donors (Lipinski definition) is 1. The first-order chi connectivity index (χ1) is 15.4. The van der Waals surface area contributed by atoms with Crippen LogP contribution in [0, 0.1) is 11.8 Å². The highest BCUT2D eigenvalue weighted by Crippen LogP contribution is 2.27. The van der Waals surface area contributed by atoms with Crippen molar-refractivity contribution < 1.29 is 9.59 Å². The summed E-state index contributed by atoms with van der Waals surface area (Å²) in [5.74, 6) is 1.09. The van der Waals surface area contributed by atoms with Crippen molar-refractivity contribution in [3.05, 3.63) is 53.6 Å². The molecule has 1 saturated heterocycles. The number of carbonyl (C=O) groups is 2. The lowest BCUT2D eigenvalue weighted by atomic mass is 9.92. The highest BCUT2D eigenvalue weighted by molar-refractivity contribution is 7.99. The van der Waals surface area contributed by atoms with Gasteiger partial charge in [-0.15, -0.1) is 0 Å². The first-order valence-electron chi connectivity index (χ1n) is 10.8. The fraction of sp³-hybridized carbons (Fsp3) is 0.375. The van der Waals surface area contributed by atoms with Crippen LogP contribution in [0.15, 0.2) is 53.7 Å². The number of halogens is 1. The minimum Gasteiger partial charge on any atom is -0.341 e. The Morgan fingerprint density at radius 3 is 2.53 bits per heavy atom. The number of imidazole rings is 1. The number of likely N-dealkylation sites (tertiary alicyclic amines) is 1. The number of aromatic nitrogens is 2. The average Bonchev–Trinajstić information content (AvgIpc) is 3.10. The van der Waals surface area contributed by atoms with Crippen LogP contribution in [0.25, 0.3) is 11.0 Å². The second-order valence-electron chi connectivity index (χ2n) is 8.53. The van der Waals surface area contributed by atoms with Crippen molar-refractivity contribution in [2.24, 2.45) is 11.8 Å². The number of benzene rings is 2. The fourth-order valence-corrected chi connectivity index (χ4v) is 5.29. The molecule has 1 aliphatic heterocycles. The van der Waals surface area contributed by atoms with E-state index in [1.54, 1.807) is 12.1 Å². The second-order valence-corrected chi connectivity index (χ2v) is 9.88. The largest absolute Gasteiger partial charge is 0.341 e. The van der Waals surface area contributed by atoms with E-state index in [1.807, 2.05) is 45.9 Å². The molecular weight excluding hydrogens is 444 g/mol. The van der Waals surface area contributed by atoms with Crippen molar-refractivity contribution >= 4 is 51.9 Å². The Hall–Kier alpha value is -2.51. The molecule has 32 heavy (non-hydrogen) atoms. The van der Waals surface area contributed by atoms with E-state index in [9.17, 15) is 9.59 Å². The molecule has 0 spiro atoms. The van der Waals surface area contributed by atoms with Crippen LogP contribution in [0.2, 0.25) is 5.02 Å². The predicted molar refractivity (Wildman–Crippen MR) is 130 cm³/mol. The van der Waals surface area contributed by atoms with E-state index in [1.165, 1.54) is 11.8 Å². The van der Waals surface area contributed by atoms with E-state index in [2.05, 4.69) is 24.1 Å². The quantitative estimate of drug-likeness (QED) is 0.519. The van der Waals surface area contributed by atoms with E-state index < -0.39 is 0 Å². The van der Waals surface area contributed by atoms with Gasteiger partial charge in [-0.2, -0.15) is 0 Å². The van der Waals surface area contributed by atoms with Crippen LogP contribution in [0.1, 0.15) is 20.3 Å². The number of anilines is 1. The van der Waals surface area contributed by atoms with E-state index in [0.717, 1.165) is 30.5 Å². The number of thioether (sulfide) groups is 1. The average molecular weight is 471 g/mol. The number of amides is 2. The van der Waals surface area contributed by atoms with Gasteiger partial charge in [0, 0.05) is 13.1 Å². The maximum absolute atomic E-state index is 13.1. The lowest BCUT2D eigenvalue weighted by molar-refractivity contribution is -0.134. The molecule has 0 bridgehead atoms. The van der Waals surface area contributed by atoms with Crippen LogP contribution in [0.3, 0.4) is 0 Å². The van der Waals surface area contributed by atoms with Gasteiger partial charge in [-0.25, -0.2) is 4.98 Å². The zero-order valence-electron chi connectivity index (χ0n) is 18.3. The van der Waals surface area contributed by atoms with Gasteiger partial charge in [0.25, 0.3) is 0 Å². The number of rotatable bonds is 6. The molecule has 6 nitrogen and oxygen atoms in total. The first-order valence-corrected chi connectivity index (χ1v) is 12.2. The Balaban J connectivity index is 1.49. The lowest BCUT2D eigenvalue weighted by Crippen LogP contribution is -2.44. The maximum Gasteiger partial charge on any atom is 0.242 e. The molecule has 4 rings (SSSR count). The Morgan fingerprint density at radius 2 is 1.78 bits per heavy atom. The standard InChI is InChI=1S/C24H27ClN4O2S/c1-16-11-17(2)13-28(12-16)23(31)14-29-21-10-6-5-9-20(21)27-24(29)32-15-22(30)26-19-8-4-3-7-18(19)25/h3-10,16-17H,11-15H2,1-2H3,(H,26,30). The van der Waals surface area contributed by atoms with Gasteiger partial charge in [0.05, 0.1) is 27.5 Å². The summed E-state index contributed by atoms with van der Waals surface area (Å²) in [7, 11) is 0. The molecule has 1 N–H and O–H groups in total. The highest BCUT2D eigenvalue weighted by atomic mass is 35.5. The second kappa shape index (κ2) is 9.96. The van der Waals surface area contributed by atoms with Crippen molar-refractivity contribution in [1.82, 2.24) is 14.5 Å². The van der Waals surface area contributed by atoms with Gasteiger partial charge in [0.1, 0.15) is 6.54 Å². The van der Waals surface area contributed by atoms with Gasteiger partial charge in [-0.3, -0.25) is 9.59 Å². The van der Waals surface area contributed by atoms with Gasteiger partial charge in [-0.05, 0) is 42.5 Å². The molecule has 3 aromatic rings. The van der Waals surface area contributed by atoms with Crippen LogP contribution in [0.4, 0.5) is 5.69 Å². The summed E-state index contributed by atoms with van der Waals surface area (Å²) in [4.78, 5) is 32.3. The van der Waals surface area contributed by atoms with Crippen molar-refractivity contribution in [2.45, 2.75) is 32.0 Å². The Kier molecular flexibility index (Phi) is 7.06. The molecule has 0 radical (unpaired) electrons. The number of carbonyl (C=O) groups excluding carboxylic acids is 2. The Bertz CT molecular complexity index is 1120. The summed E-state index contributed by atoms with van der Waals surface area (Å²) in [6.45, 7) is 6.19. The van der Waals surface area contributed by atoms with Gasteiger partial charge < -0.3 is 14.8 Å². The van der Waals surface area contributed by atoms with Crippen LogP contribution in [-0.2, 0) is 16.1 Å². The molecule has 0 saturated carbocycles. The Labute approximate surface area is 197 Å². The summed E-state index contributed by atoms with van der Waals surface area (Å²) in [5, 5.41) is 3.99. The van der Waals surface area contributed by atoms with Crippen LogP contribution < -0.4 is 5.32 Å². The van der Waals surface area contributed by atoms with Gasteiger partial charge in [0.15, 0.2) is 5.16 Å². The molecule has 2 amide bonds. The van der Waals surface area contributed by atoms with Gasteiger partial charge in [0.2, 0.25) is 11.8 Å². The molecule has 1 fully saturated rings. The van der Waals surface area contributed by atoms with Crippen LogP contribution >= 0.6 is 23.4 Å². The smallest absolute Gasteiger partial charge is 0.242 e. The summed E-state index contributed by atoms with van der Waals surface area (Å²) in [6, 6.07) is 14.9. The van der Waals surface area contributed by atoms with E-state index >= 15 is 0 Å². The van der Waals surface area contributed by atoms with Crippen molar-refractivity contribution in [3.63, 3.8) is 0 Å². The van der Waals surface area contributed by atoms with Crippen LogP contribution in [-0.4, -0.2) is 45.1 Å². The molecule has 2 aromatic carbocycles. The summed E-state index contributed by atoms with van der Waals surface area (Å²) < 4.78 is 1.93. The molecule has 0 aliphatic carbocycles. The Morgan fingerprint density at radius 1 is 1.09 bits per heavy atom. The molecular formula is C24H27ClN4O2S. The highest BCUT2D eigenvalue weighted by Gasteiger charge is 2.26. The molecule has 2 heterocycles. The molecule has 8 heteroatoms. The van der Waals surface area contributed by atoms with Crippen molar-refractivity contribution in [2.75, 3.05) is 24.2 Å². The number of para-hydroxylation sites is 3. The van der Waals surface area contributed by atoms with E-state index in [0.29, 0.717) is 27.7 Å². The van der Waals surface area contributed by atoms with Crippen molar-refractivity contribution in [3.8, 4) is 0 Å². The fourth-order valence-electron chi connectivity index (χ4n) is 4.30. The predicted octanol–water partition coefficient (Wildman–Crippen LogP) is 4.93. The molecule has 168 valence electrons. The zero-order valence-corrected chi connectivity index (χ0v) is 19.8. The first kappa shape index (κ1) is 22.7. The van der Waals surface area contributed by atoms with Gasteiger partial charge in [-0.1, -0.05) is 61.5 Å². The molecule has 2 atom stereocenters. The minimum atomic E-state index is -0.174. The third-order valence-electron chi connectivity index (χ3n) is 5.61. The number of nitrogens with one attached hydrogen (secondary N) is 1. The number of hydrogen-bond acceptors (Lipinski definition) is 4. The number of fused-ring (bicyclic) bond motifs is 1. The number of piperidine rings is 1. The van der Waals surface area contributed by atoms with Crippen molar-refractivity contribution in [1.29, 1.82) is 0 Å². The van der Waals surface area contributed by atoms with Crippen LogP contribution in [0.5, 0.6) is 0 Å². The molecule has 1 aromatic heterocycles. The topological polar surface area (TPSA) is 67.2 Å². The third kappa shape index (κ3) is 5.27. The maximum atomic E-state index is 13.1. The van der Waals surface area contributed by atoms with Gasteiger partial charge >= 0.3 is 0 Å². The minimum absolute atomic E-state index is 0.0916. The monoisotopic (exact) mass is 470 g/mol. The molecule has 2 unspecified atom stereocenters. The summed E-state index contributed by atoms with van der Waals surface area (Å²) in [6.07, 6.45) is 1.15. The van der Waals surface area contributed by atoms with E-state index in [-0.39, 0.29) is 24.1 Å². The number of nitrogens with zero attached hydrogens (tertiary/aromatic N) is 3. The third-order valence-corrected chi connectivity index (χ3v) is 6.92. The SMILES string of the molecule is CC1CC(C)CN(C(=O)Cn2c(SCC(=O)Nc3ccccc3Cl)nc3ccccc32)C1.